The summed E-state index contributed by atoms with van der Waals surface area (Å²) in [6, 6.07) is 6.75. The zero-order valence-electron chi connectivity index (χ0n) is 11.1. The highest BCUT2D eigenvalue weighted by atomic mass is 16.5. The van der Waals surface area contributed by atoms with Crippen LogP contribution in [0, 0.1) is 13.8 Å². The molecular weight excluding hydrogens is 258 g/mol. The molecule has 0 unspecified atom stereocenters. The van der Waals surface area contributed by atoms with Crippen LogP contribution in [0.4, 0.5) is 0 Å². The smallest absolute Gasteiger partial charge is 0.335 e. The lowest BCUT2D eigenvalue weighted by molar-refractivity contribution is 0.0697. The van der Waals surface area contributed by atoms with Gasteiger partial charge in [0.1, 0.15) is 5.82 Å². The van der Waals surface area contributed by atoms with Crippen molar-refractivity contribution in [3.8, 4) is 0 Å². The van der Waals surface area contributed by atoms with E-state index in [4.69, 9.17) is 9.63 Å². The van der Waals surface area contributed by atoms with E-state index in [1.165, 1.54) is 0 Å². The average molecular weight is 271 g/mol. The van der Waals surface area contributed by atoms with Crippen LogP contribution in [0.1, 0.15) is 27.6 Å². The Morgan fingerprint density at radius 2 is 2.15 bits per heavy atom. The fourth-order valence-electron chi connectivity index (χ4n) is 2.22. The first-order valence-electron chi connectivity index (χ1n) is 6.17. The standard InChI is InChI=1S/C14H13N3O3/c1-8-5-11(20-16-8)7-17-9(2)15-12-4-3-10(14(18)19)6-13(12)17/h3-6H,7H2,1-2H3,(H,18,19). The van der Waals surface area contributed by atoms with Crippen LogP contribution in [0.3, 0.4) is 0 Å². The third kappa shape index (κ3) is 2.05. The van der Waals surface area contributed by atoms with Crippen LogP contribution < -0.4 is 0 Å². The van der Waals surface area contributed by atoms with Gasteiger partial charge < -0.3 is 14.2 Å². The minimum absolute atomic E-state index is 0.243. The lowest BCUT2D eigenvalue weighted by atomic mass is 10.2. The van der Waals surface area contributed by atoms with E-state index in [0.717, 1.165) is 22.6 Å². The number of imidazole rings is 1. The number of fused-ring (bicyclic) bond motifs is 1. The topological polar surface area (TPSA) is 81.2 Å². The van der Waals surface area contributed by atoms with E-state index in [0.29, 0.717) is 12.3 Å². The number of rotatable bonds is 3. The Morgan fingerprint density at radius 1 is 1.35 bits per heavy atom. The number of carbonyl (C=O) groups is 1. The van der Waals surface area contributed by atoms with Crippen molar-refractivity contribution in [2.45, 2.75) is 20.4 Å². The first-order valence-corrected chi connectivity index (χ1v) is 6.17. The molecule has 1 aromatic carbocycles. The molecule has 6 nitrogen and oxygen atoms in total. The monoisotopic (exact) mass is 271 g/mol. The van der Waals surface area contributed by atoms with Crippen LogP contribution in [-0.4, -0.2) is 25.8 Å². The minimum Gasteiger partial charge on any atom is -0.478 e. The van der Waals surface area contributed by atoms with Gasteiger partial charge in [0.05, 0.1) is 28.8 Å². The van der Waals surface area contributed by atoms with Gasteiger partial charge in [0, 0.05) is 6.07 Å². The summed E-state index contributed by atoms with van der Waals surface area (Å²) in [5.74, 6) is 0.565. The van der Waals surface area contributed by atoms with Crippen molar-refractivity contribution in [3.05, 3.63) is 47.1 Å². The molecule has 0 atom stereocenters. The first-order chi connectivity index (χ1) is 9.54. The molecule has 0 aliphatic rings. The summed E-state index contributed by atoms with van der Waals surface area (Å²) < 4.78 is 7.12. The molecule has 102 valence electrons. The van der Waals surface area contributed by atoms with Gasteiger partial charge in [-0.05, 0) is 32.0 Å². The number of aromatic carboxylic acids is 1. The van der Waals surface area contributed by atoms with Crippen molar-refractivity contribution >= 4 is 17.0 Å². The maximum atomic E-state index is 11.1. The Hall–Kier alpha value is -2.63. The molecule has 0 bridgehead atoms. The molecule has 6 heteroatoms. The van der Waals surface area contributed by atoms with E-state index in [9.17, 15) is 4.79 Å². The summed E-state index contributed by atoms with van der Waals surface area (Å²) in [5, 5.41) is 12.9. The zero-order valence-corrected chi connectivity index (χ0v) is 11.1. The summed E-state index contributed by atoms with van der Waals surface area (Å²) in [5.41, 5.74) is 2.60. The number of hydrogen-bond donors (Lipinski definition) is 1. The van der Waals surface area contributed by atoms with Gasteiger partial charge in [0.25, 0.3) is 0 Å². The van der Waals surface area contributed by atoms with Gasteiger partial charge in [-0.1, -0.05) is 5.16 Å². The quantitative estimate of drug-likeness (QED) is 0.791. The minimum atomic E-state index is -0.951. The SMILES string of the molecule is Cc1cc(Cn2c(C)nc3ccc(C(=O)O)cc32)on1. The number of carboxylic acids is 1. The molecule has 0 amide bonds. The van der Waals surface area contributed by atoms with Crippen LogP contribution in [0.2, 0.25) is 0 Å². The Balaban J connectivity index is 2.10. The van der Waals surface area contributed by atoms with Crippen molar-refractivity contribution in [1.29, 1.82) is 0 Å². The summed E-state index contributed by atoms with van der Waals surface area (Å²) in [6.07, 6.45) is 0. The van der Waals surface area contributed by atoms with Gasteiger partial charge in [-0.25, -0.2) is 9.78 Å². The van der Waals surface area contributed by atoms with E-state index in [-0.39, 0.29) is 5.56 Å². The van der Waals surface area contributed by atoms with E-state index in [1.54, 1.807) is 18.2 Å². The Morgan fingerprint density at radius 3 is 2.80 bits per heavy atom. The second-order valence-corrected chi connectivity index (χ2v) is 4.69. The Kier molecular flexibility index (Phi) is 2.78. The Bertz CT molecular complexity index is 801. The average Bonchev–Trinajstić information content (AvgIpc) is 2.94. The molecule has 0 aliphatic carbocycles. The van der Waals surface area contributed by atoms with Crippen molar-refractivity contribution in [3.63, 3.8) is 0 Å². The predicted octanol–water partition coefficient (Wildman–Crippen LogP) is 2.39. The summed E-state index contributed by atoms with van der Waals surface area (Å²) >= 11 is 0. The second kappa shape index (κ2) is 4.48. The largest absolute Gasteiger partial charge is 0.478 e. The molecule has 20 heavy (non-hydrogen) atoms. The molecule has 0 fully saturated rings. The number of aromatic nitrogens is 3. The molecule has 2 aromatic heterocycles. The number of benzene rings is 1. The van der Waals surface area contributed by atoms with E-state index >= 15 is 0 Å². The van der Waals surface area contributed by atoms with Crippen molar-refractivity contribution < 1.29 is 14.4 Å². The summed E-state index contributed by atoms with van der Waals surface area (Å²) in [4.78, 5) is 15.5. The highest BCUT2D eigenvalue weighted by molar-refractivity contribution is 5.92. The maximum absolute atomic E-state index is 11.1. The molecule has 0 spiro atoms. The van der Waals surface area contributed by atoms with Crippen LogP contribution in [0.25, 0.3) is 11.0 Å². The fraction of sp³-hybridized carbons (Fsp3) is 0.214. The third-order valence-electron chi connectivity index (χ3n) is 3.18. The second-order valence-electron chi connectivity index (χ2n) is 4.69. The van der Waals surface area contributed by atoms with E-state index < -0.39 is 5.97 Å². The van der Waals surface area contributed by atoms with Crippen LogP contribution >= 0.6 is 0 Å². The number of carboxylic acid groups (broad SMARTS) is 1. The molecule has 0 aliphatic heterocycles. The van der Waals surface area contributed by atoms with Gasteiger partial charge in [-0.2, -0.15) is 0 Å². The fourth-order valence-corrected chi connectivity index (χ4v) is 2.22. The summed E-state index contributed by atoms with van der Waals surface area (Å²) in [7, 11) is 0. The number of hydrogen-bond acceptors (Lipinski definition) is 4. The van der Waals surface area contributed by atoms with Crippen molar-refractivity contribution in [1.82, 2.24) is 14.7 Å². The van der Waals surface area contributed by atoms with Gasteiger partial charge in [-0.15, -0.1) is 0 Å². The van der Waals surface area contributed by atoms with Gasteiger partial charge >= 0.3 is 5.97 Å². The molecule has 0 radical (unpaired) electrons. The number of nitrogens with zero attached hydrogens (tertiary/aromatic N) is 3. The predicted molar refractivity (Wildman–Crippen MR) is 71.8 cm³/mol. The van der Waals surface area contributed by atoms with Crippen LogP contribution in [0.15, 0.2) is 28.8 Å². The highest BCUT2D eigenvalue weighted by Crippen LogP contribution is 2.19. The first kappa shape index (κ1) is 12.4. The zero-order chi connectivity index (χ0) is 14.3. The normalized spacial score (nSPS) is 11.1. The maximum Gasteiger partial charge on any atom is 0.335 e. The van der Waals surface area contributed by atoms with Gasteiger partial charge in [-0.3, -0.25) is 0 Å². The highest BCUT2D eigenvalue weighted by Gasteiger charge is 2.12. The van der Waals surface area contributed by atoms with E-state index in [1.807, 2.05) is 24.5 Å². The Labute approximate surface area is 114 Å². The van der Waals surface area contributed by atoms with Crippen LogP contribution in [-0.2, 0) is 6.54 Å². The van der Waals surface area contributed by atoms with Crippen LogP contribution in [0.5, 0.6) is 0 Å². The summed E-state index contributed by atoms with van der Waals surface area (Å²) in [6.45, 7) is 4.21. The molecule has 0 saturated heterocycles. The molecular formula is C14H13N3O3. The molecule has 3 aromatic rings. The van der Waals surface area contributed by atoms with Crippen molar-refractivity contribution in [2.75, 3.05) is 0 Å². The van der Waals surface area contributed by atoms with Gasteiger partial charge in [0.2, 0.25) is 0 Å². The van der Waals surface area contributed by atoms with E-state index in [2.05, 4.69) is 10.1 Å². The van der Waals surface area contributed by atoms with Crippen molar-refractivity contribution in [2.24, 2.45) is 0 Å². The lowest BCUT2D eigenvalue weighted by Crippen LogP contribution is -2.02. The molecule has 2 heterocycles. The molecule has 3 rings (SSSR count). The van der Waals surface area contributed by atoms with Gasteiger partial charge in [0.15, 0.2) is 5.76 Å². The third-order valence-corrected chi connectivity index (χ3v) is 3.18. The lowest BCUT2D eigenvalue weighted by Gasteiger charge is -2.04. The number of aryl methyl sites for hydroxylation is 2. The molecule has 0 saturated carbocycles. The molecule has 1 N–H and O–H groups in total.